The molecule has 0 heterocycles. The van der Waals surface area contributed by atoms with Gasteiger partial charge in [0, 0.05) is 0 Å². The van der Waals surface area contributed by atoms with Crippen LogP contribution in [0.25, 0.3) is 0 Å². The average molecular weight is 282 g/mol. The van der Waals surface area contributed by atoms with E-state index in [1.807, 2.05) is 0 Å². The van der Waals surface area contributed by atoms with Gasteiger partial charge in [-0.2, -0.15) is 0 Å². The zero-order chi connectivity index (χ0) is 11.2. The highest BCUT2D eigenvalue weighted by Crippen LogP contribution is 2.50. The first-order valence-electron chi connectivity index (χ1n) is 3.97. The van der Waals surface area contributed by atoms with E-state index in [0.717, 1.165) is 0 Å². The lowest BCUT2D eigenvalue weighted by Gasteiger charge is -2.17. The lowest BCUT2D eigenvalue weighted by molar-refractivity contribution is 0.205. The van der Waals surface area contributed by atoms with Crippen LogP contribution in [0.1, 0.15) is 13.8 Å². The van der Waals surface area contributed by atoms with Crippen LogP contribution < -0.4 is 0 Å². The Morgan fingerprint density at radius 1 is 1.57 bits per heavy atom. The summed E-state index contributed by atoms with van der Waals surface area (Å²) in [6.45, 7) is 3.54. The minimum Gasteiger partial charge on any atom is -0.309 e. The van der Waals surface area contributed by atoms with Crippen LogP contribution in [-0.4, -0.2) is 18.3 Å². The van der Waals surface area contributed by atoms with Crippen LogP contribution in [0.15, 0.2) is 10.6 Å². The van der Waals surface area contributed by atoms with Crippen molar-refractivity contribution in [2.24, 2.45) is 0 Å². The van der Waals surface area contributed by atoms with Gasteiger partial charge in [-0.15, -0.1) is 0 Å². The first kappa shape index (κ1) is 14.8. The number of alkyl halides is 1. The molecule has 0 aromatic rings. The molecule has 2 unspecified atom stereocenters. The van der Waals surface area contributed by atoms with Crippen LogP contribution in [0.2, 0.25) is 0 Å². The van der Waals surface area contributed by atoms with Gasteiger partial charge in [-0.1, -0.05) is 34.8 Å². The van der Waals surface area contributed by atoms with Crippen LogP contribution in [-0.2, 0) is 13.6 Å². The fourth-order valence-electron chi connectivity index (χ4n) is 0.725. The maximum absolute atomic E-state index is 11.8. The molecule has 0 aliphatic carbocycles. The molecular formula is C7H12Cl3O3P. The summed E-state index contributed by atoms with van der Waals surface area (Å²) < 4.78 is 21.8. The van der Waals surface area contributed by atoms with E-state index in [2.05, 4.69) is 0 Å². The third kappa shape index (κ3) is 7.10. The topological polar surface area (TPSA) is 35.5 Å². The molecule has 14 heavy (non-hydrogen) atoms. The predicted molar refractivity (Wildman–Crippen MR) is 60.3 cm³/mol. The van der Waals surface area contributed by atoms with Crippen molar-refractivity contribution >= 4 is 42.4 Å². The highest BCUT2D eigenvalue weighted by atomic mass is 35.5. The lowest BCUT2D eigenvalue weighted by atomic mass is 10.8. The van der Waals surface area contributed by atoms with Crippen LogP contribution >= 0.6 is 42.4 Å². The van der Waals surface area contributed by atoms with Gasteiger partial charge >= 0.3 is 7.60 Å². The van der Waals surface area contributed by atoms with Crippen molar-refractivity contribution in [3.63, 3.8) is 0 Å². The summed E-state index contributed by atoms with van der Waals surface area (Å²) in [6.07, 6.45) is 1.37. The third-order valence-corrected chi connectivity index (χ3v) is 3.54. The summed E-state index contributed by atoms with van der Waals surface area (Å²) in [6, 6.07) is 0. The molecule has 0 amide bonds. The Kier molecular flexibility index (Phi) is 7.49. The Hall–Kier alpha value is 0.760. The first-order valence-corrected chi connectivity index (χ1v) is 6.89. The van der Waals surface area contributed by atoms with Crippen molar-refractivity contribution < 1.29 is 13.6 Å². The zero-order valence-electron chi connectivity index (χ0n) is 7.87. The Morgan fingerprint density at radius 3 is 2.50 bits per heavy atom. The minimum absolute atomic E-state index is 0.0141. The van der Waals surface area contributed by atoms with Gasteiger partial charge < -0.3 is 4.52 Å². The van der Waals surface area contributed by atoms with Crippen molar-refractivity contribution in [2.45, 2.75) is 19.4 Å². The average Bonchev–Trinajstić information content (AvgIpc) is 2.00. The highest BCUT2D eigenvalue weighted by Gasteiger charge is 2.24. The quantitative estimate of drug-likeness (QED) is 0.542. The van der Waals surface area contributed by atoms with Gasteiger partial charge in [-0.3, -0.25) is 9.09 Å². The van der Waals surface area contributed by atoms with Gasteiger partial charge in [0.1, 0.15) is 10.1 Å². The summed E-state index contributed by atoms with van der Waals surface area (Å²) in [5.41, 5.74) is -0.685. The molecule has 0 saturated heterocycles. The van der Waals surface area contributed by atoms with E-state index in [0.29, 0.717) is 0 Å². The van der Waals surface area contributed by atoms with E-state index in [1.54, 1.807) is 13.8 Å². The molecule has 0 saturated carbocycles. The number of hydrogen-bond donors (Lipinski definition) is 0. The SMILES string of the molecule is CCOP(=O)(CC=C(Cl)Cl)OC(C)Cl. The van der Waals surface area contributed by atoms with Crippen molar-refractivity contribution in [2.75, 3.05) is 12.8 Å². The third-order valence-electron chi connectivity index (χ3n) is 1.10. The monoisotopic (exact) mass is 280 g/mol. The van der Waals surface area contributed by atoms with Crippen LogP contribution in [0, 0.1) is 0 Å². The molecule has 0 aromatic carbocycles. The van der Waals surface area contributed by atoms with Gasteiger partial charge in [0.2, 0.25) is 0 Å². The Morgan fingerprint density at radius 2 is 2.14 bits per heavy atom. The second-order valence-corrected chi connectivity index (χ2v) is 6.03. The number of halogens is 3. The lowest BCUT2D eigenvalue weighted by Crippen LogP contribution is -2.03. The summed E-state index contributed by atoms with van der Waals surface area (Å²) in [5, 5.41) is 0. The summed E-state index contributed by atoms with van der Waals surface area (Å²) in [7, 11) is -3.21. The van der Waals surface area contributed by atoms with Crippen LogP contribution in [0.4, 0.5) is 0 Å². The molecule has 0 aliphatic rings. The van der Waals surface area contributed by atoms with Gasteiger partial charge in [0.15, 0.2) is 0 Å². The molecule has 0 aromatic heterocycles. The second-order valence-electron chi connectivity index (χ2n) is 2.35. The molecule has 0 bridgehead atoms. The molecule has 84 valence electrons. The molecule has 2 atom stereocenters. The summed E-state index contributed by atoms with van der Waals surface area (Å²) in [5.74, 6) is 0. The number of hydrogen-bond acceptors (Lipinski definition) is 3. The zero-order valence-corrected chi connectivity index (χ0v) is 11.0. The standard InChI is InChI=1S/C7H12Cl3O3P/c1-3-12-14(11,13-6(2)8)5-4-7(9)10/h4,6H,3,5H2,1-2H3. The normalized spacial score (nSPS) is 17.2. The van der Waals surface area contributed by atoms with E-state index in [1.165, 1.54) is 6.08 Å². The van der Waals surface area contributed by atoms with Gasteiger partial charge in [-0.25, -0.2) is 0 Å². The van der Waals surface area contributed by atoms with Crippen molar-refractivity contribution in [3.05, 3.63) is 10.6 Å². The second kappa shape index (κ2) is 7.10. The van der Waals surface area contributed by atoms with E-state index in [9.17, 15) is 4.57 Å². The predicted octanol–water partition coefficient (Wildman–Crippen LogP) is 4.14. The van der Waals surface area contributed by atoms with Crippen LogP contribution in [0.3, 0.4) is 0 Å². The molecule has 3 nitrogen and oxygen atoms in total. The number of rotatable bonds is 6. The Labute approximate surface area is 98.8 Å². The molecule has 0 rings (SSSR count). The molecule has 0 fully saturated rings. The smallest absolute Gasteiger partial charge is 0.309 e. The summed E-state index contributed by atoms with van der Waals surface area (Å²) >= 11 is 16.3. The molecule has 0 aliphatic heterocycles. The van der Waals surface area contributed by atoms with Gasteiger partial charge in [0.05, 0.1) is 12.8 Å². The minimum atomic E-state index is -3.21. The Bertz CT molecular complexity index is 238. The maximum atomic E-state index is 11.8. The molecular weight excluding hydrogens is 269 g/mol. The van der Waals surface area contributed by atoms with E-state index >= 15 is 0 Å². The van der Waals surface area contributed by atoms with E-state index < -0.39 is 13.2 Å². The molecule has 0 radical (unpaired) electrons. The highest BCUT2D eigenvalue weighted by molar-refractivity contribution is 7.54. The summed E-state index contributed by atoms with van der Waals surface area (Å²) in [4.78, 5) is 0. The first-order chi connectivity index (χ1) is 6.39. The molecule has 0 N–H and O–H groups in total. The van der Waals surface area contributed by atoms with Crippen molar-refractivity contribution in [1.82, 2.24) is 0 Å². The number of allylic oxidation sites excluding steroid dienone is 1. The molecule has 0 spiro atoms. The van der Waals surface area contributed by atoms with E-state index in [4.69, 9.17) is 43.9 Å². The molecule has 7 heteroatoms. The Balaban J connectivity index is 4.39. The largest absolute Gasteiger partial charge is 0.335 e. The van der Waals surface area contributed by atoms with Crippen molar-refractivity contribution in [3.8, 4) is 0 Å². The van der Waals surface area contributed by atoms with Gasteiger partial charge in [-0.05, 0) is 19.9 Å². The maximum Gasteiger partial charge on any atom is 0.335 e. The van der Waals surface area contributed by atoms with Crippen LogP contribution in [0.5, 0.6) is 0 Å². The fraction of sp³-hybridized carbons (Fsp3) is 0.714. The van der Waals surface area contributed by atoms with E-state index in [-0.39, 0.29) is 17.3 Å². The fourth-order valence-corrected chi connectivity index (χ4v) is 2.95. The van der Waals surface area contributed by atoms with Crippen molar-refractivity contribution in [1.29, 1.82) is 0 Å². The van der Waals surface area contributed by atoms with Gasteiger partial charge in [0.25, 0.3) is 0 Å².